The molecule has 2 aromatic rings. The van der Waals surface area contributed by atoms with Crippen LogP contribution < -0.4 is 4.74 Å². The van der Waals surface area contributed by atoms with Crippen molar-refractivity contribution >= 4 is 17.6 Å². The van der Waals surface area contributed by atoms with E-state index in [4.69, 9.17) is 21.4 Å². The van der Waals surface area contributed by atoms with Crippen LogP contribution in [0.15, 0.2) is 22.8 Å². The van der Waals surface area contributed by atoms with Crippen molar-refractivity contribution < 1.29 is 19.3 Å². The number of rotatable bonds is 4. The van der Waals surface area contributed by atoms with Crippen LogP contribution >= 0.6 is 11.6 Å². The van der Waals surface area contributed by atoms with Gasteiger partial charge in [0.2, 0.25) is 0 Å². The number of hydrogen-bond acceptors (Lipinski definition) is 5. The van der Waals surface area contributed by atoms with Crippen LogP contribution in [0.4, 0.5) is 0 Å². The molecule has 7 heteroatoms. The summed E-state index contributed by atoms with van der Waals surface area (Å²) in [6.45, 7) is 1.78. The van der Waals surface area contributed by atoms with E-state index in [0.29, 0.717) is 16.4 Å². The van der Waals surface area contributed by atoms with Gasteiger partial charge in [-0.3, -0.25) is 0 Å². The molecule has 0 aliphatic rings. The van der Waals surface area contributed by atoms with Gasteiger partial charge in [0.1, 0.15) is 29.3 Å². The molecule has 0 fully saturated rings. The molecular formula is C11H9ClN2O4. The molecule has 1 aromatic heterocycles. The van der Waals surface area contributed by atoms with E-state index in [1.165, 1.54) is 18.2 Å². The van der Waals surface area contributed by atoms with Crippen molar-refractivity contribution in [3.05, 3.63) is 40.2 Å². The Morgan fingerprint density at radius 2 is 2.28 bits per heavy atom. The maximum atomic E-state index is 11.0. The molecule has 0 amide bonds. The minimum absolute atomic E-state index is 0.0357. The number of carbonyl (C=O) groups is 1. The first-order valence-electron chi connectivity index (χ1n) is 5.01. The van der Waals surface area contributed by atoms with Crippen molar-refractivity contribution in [2.24, 2.45) is 0 Å². The summed E-state index contributed by atoms with van der Waals surface area (Å²) in [6.07, 6.45) is 0. The van der Waals surface area contributed by atoms with E-state index in [0.717, 1.165) is 0 Å². The number of aromatic carboxylic acids is 1. The highest BCUT2D eigenvalue weighted by molar-refractivity contribution is 6.30. The number of hydrogen-bond donors (Lipinski definition) is 1. The number of aromatic nitrogens is 2. The number of aryl methyl sites for hydroxylation is 1. The van der Waals surface area contributed by atoms with Gasteiger partial charge in [-0.15, -0.1) is 0 Å². The molecule has 94 valence electrons. The molecule has 1 aromatic carbocycles. The second kappa shape index (κ2) is 5.05. The summed E-state index contributed by atoms with van der Waals surface area (Å²) >= 11 is 5.79. The van der Waals surface area contributed by atoms with Gasteiger partial charge in [0.15, 0.2) is 0 Å². The first-order chi connectivity index (χ1) is 8.58. The van der Waals surface area contributed by atoms with Gasteiger partial charge in [-0.25, -0.2) is 9.42 Å². The summed E-state index contributed by atoms with van der Waals surface area (Å²) in [5, 5.41) is 16.6. The molecule has 0 aliphatic carbocycles. The topological polar surface area (TPSA) is 85.5 Å². The fourth-order valence-electron chi connectivity index (χ4n) is 1.32. The van der Waals surface area contributed by atoms with Gasteiger partial charge in [0, 0.05) is 5.02 Å². The second-order valence-electron chi connectivity index (χ2n) is 3.53. The average molecular weight is 269 g/mol. The van der Waals surface area contributed by atoms with Crippen molar-refractivity contribution in [3.63, 3.8) is 0 Å². The predicted molar refractivity (Wildman–Crippen MR) is 61.8 cm³/mol. The van der Waals surface area contributed by atoms with Crippen molar-refractivity contribution in [3.8, 4) is 5.75 Å². The molecule has 0 radical (unpaired) electrons. The summed E-state index contributed by atoms with van der Waals surface area (Å²) in [5.41, 5.74) is 1.13. The van der Waals surface area contributed by atoms with Crippen molar-refractivity contribution in [1.82, 2.24) is 10.3 Å². The van der Waals surface area contributed by atoms with E-state index in [9.17, 15) is 4.79 Å². The molecule has 0 unspecified atom stereocenters. The first kappa shape index (κ1) is 12.4. The van der Waals surface area contributed by atoms with Crippen LogP contribution in [0.5, 0.6) is 5.75 Å². The maximum Gasteiger partial charge on any atom is 0.339 e. The predicted octanol–water partition coefficient (Wildman–Crippen LogP) is 2.31. The Morgan fingerprint density at radius 3 is 2.89 bits per heavy atom. The number of carboxylic acid groups (broad SMARTS) is 1. The molecule has 0 saturated heterocycles. The number of halogens is 1. The largest absolute Gasteiger partial charge is 0.486 e. The van der Waals surface area contributed by atoms with Crippen LogP contribution in [0.1, 0.15) is 21.7 Å². The van der Waals surface area contributed by atoms with Crippen LogP contribution in [0.2, 0.25) is 5.02 Å². The highest BCUT2D eigenvalue weighted by Crippen LogP contribution is 2.24. The third kappa shape index (κ3) is 2.60. The molecule has 0 bridgehead atoms. The molecule has 0 saturated carbocycles. The number of nitrogens with zero attached hydrogens (tertiary/aromatic N) is 2. The van der Waals surface area contributed by atoms with E-state index in [1.807, 2.05) is 0 Å². The van der Waals surface area contributed by atoms with Crippen molar-refractivity contribution in [2.45, 2.75) is 13.5 Å². The average Bonchev–Trinajstić information content (AvgIpc) is 2.72. The number of ether oxygens (including phenoxy) is 1. The van der Waals surface area contributed by atoms with Gasteiger partial charge in [-0.1, -0.05) is 21.9 Å². The van der Waals surface area contributed by atoms with Gasteiger partial charge in [-0.2, -0.15) is 0 Å². The molecule has 0 atom stereocenters. The van der Waals surface area contributed by atoms with Gasteiger partial charge >= 0.3 is 5.97 Å². The summed E-state index contributed by atoms with van der Waals surface area (Å²) in [4.78, 5) is 11.0. The third-order valence-corrected chi connectivity index (χ3v) is 2.52. The summed E-state index contributed by atoms with van der Waals surface area (Å²) in [6, 6.07) is 4.31. The van der Waals surface area contributed by atoms with E-state index >= 15 is 0 Å². The lowest BCUT2D eigenvalue weighted by Crippen LogP contribution is -2.04. The van der Waals surface area contributed by atoms with Gasteiger partial charge in [-0.05, 0) is 25.1 Å². The Bertz CT molecular complexity index is 582. The van der Waals surface area contributed by atoms with E-state index in [2.05, 4.69) is 14.9 Å². The highest BCUT2D eigenvalue weighted by atomic mass is 35.5. The maximum absolute atomic E-state index is 11.0. The van der Waals surface area contributed by atoms with Gasteiger partial charge in [0.05, 0.1) is 0 Å². The third-order valence-electron chi connectivity index (χ3n) is 2.28. The summed E-state index contributed by atoms with van der Waals surface area (Å²) < 4.78 is 9.89. The standard InChI is InChI=1S/C11H9ClN2O4/c1-6-9(14-18-13-6)5-17-10-4-7(12)2-3-8(10)11(15)16/h2-4H,5H2,1H3,(H,15,16). The minimum atomic E-state index is -1.09. The first-order valence-corrected chi connectivity index (χ1v) is 5.39. The Balaban J connectivity index is 2.20. The lowest BCUT2D eigenvalue weighted by molar-refractivity contribution is 0.0691. The molecule has 1 heterocycles. The molecule has 0 spiro atoms. The Kier molecular flexibility index (Phi) is 3.47. The summed E-state index contributed by atoms with van der Waals surface area (Å²) in [7, 11) is 0. The zero-order valence-corrected chi connectivity index (χ0v) is 10.1. The number of carboxylic acids is 1. The lowest BCUT2D eigenvalue weighted by atomic mass is 10.2. The van der Waals surface area contributed by atoms with Crippen molar-refractivity contribution in [1.29, 1.82) is 0 Å². The molecule has 0 aliphatic heterocycles. The SMILES string of the molecule is Cc1nonc1COc1cc(Cl)ccc1C(=O)O. The molecule has 18 heavy (non-hydrogen) atoms. The van der Waals surface area contributed by atoms with E-state index in [1.54, 1.807) is 6.92 Å². The lowest BCUT2D eigenvalue weighted by Gasteiger charge is -2.08. The number of benzene rings is 1. The molecule has 2 rings (SSSR count). The van der Waals surface area contributed by atoms with Gasteiger partial charge in [0.25, 0.3) is 0 Å². The van der Waals surface area contributed by atoms with Crippen LogP contribution in [0, 0.1) is 6.92 Å². The molecule has 1 N–H and O–H groups in total. The fraction of sp³-hybridized carbons (Fsp3) is 0.182. The summed E-state index contributed by atoms with van der Waals surface area (Å²) in [5.74, 6) is -0.908. The zero-order valence-electron chi connectivity index (χ0n) is 9.38. The Morgan fingerprint density at radius 1 is 1.50 bits per heavy atom. The van der Waals surface area contributed by atoms with Crippen LogP contribution in [-0.4, -0.2) is 21.4 Å². The smallest absolute Gasteiger partial charge is 0.339 e. The van der Waals surface area contributed by atoms with Crippen LogP contribution in [-0.2, 0) is 6.61 Å². The quantitative estimate of drug-likeness (QED) is 0.916. The minimum Gasteiger partial charge on any atom is -0.486 e. The van der Waals surface area contributed by atoms with Crippen molar-refractivity contribution in [2.75, 3.05) is 0 Å². The molecule has 6 nitrogen and oxygen atoms in total. The Labute approximate surface area is 107 Å². The van der Waals surface area contributed by atoms with E-state index in [-0.39, 0.29) is 17.9 Å². The van der Waals surface area contributed by atoms with Crippen LogP contribution in [0.3, 0.4) is 0 Å². The second-order valence-corrected chi connectivity index (χ2v) is 3.97. The molecular weight excluding hydrogens is 260 g/mol. The highest BCUT2D eigenvalue weighted by Gasteiger charge is 2.13. The van der Waals surface area contributed by atoms with E-state index < -0.39 is 5.97 Å². The zero-order chi connectivity index (χ0) is 13.1. The monoisotopic (exact) mass is 268 g/mol. The van der Waals surface area contributed by atoms with Gasteiger partial charge < -0.3 is 9.84 Å². The fourth-order valence-corrected chi connectivity index (χ4v) is 1.48. The normalized spacial score (nSPS) is 10.3. The van der Waals surface area contributed by atoms with Crippen LogP contribution in [0.25, 0.3) is 0 Å². The Hall–Kier alpha value is -2.08.